The Bertz CT molecular complexity index is 2460. The number of nitrogens with zero attached hydrogens (tertiary/aromatic N) is 1. The third-order valence-corrected chi connectivity index (χ3v) is 9.94. The summed E-state index contributed by atoms with van der Waals surface area (Å²) in [7, 11) is -0.589. The van der Waals surface area contributed by atoms with Crippen LogP contribution < -0.4 is 5.46 Å². The average Bonchev–Trinajstić information content (AvgIpc) is 3.75. The molecule has 1 saturated heterocycles. The van der Waals surface area contributed by atoms with Crippen LogP contribution in [-0.4, -0.2) is 23.3 Å². The van der Waals surface area contributed by atoms with Gasteiger partial charge in [-0.2, -0.15) is 0 Å². The highest BCUT2D eigenvalue weighted by Gasteiger charge is 2.52. The lowest BCUT2D eigenvalue weighted by Crippen LogP contribution is -2.41. The highest BCUT2D eigenvalue weighted by molar-refractivity contribution is 6.66. The number of furan rings is 1. The van der Waals surface area contributed by atoms with Gasteiger partial charge in [0.1, 0.15) is 16.7 Å². The molecule has 1 aliphatic heterocycles. The van der Waals surface area contributed by atoms with Gasteiger partial charge in [-0.15, -0.1) is 0 Å². The van der Waals surface area contributed by atoms with Crippen molar-refractivity contribution >= 4 is 56.4 Å². The van der Waals surface area contributed by atoms with Crippen molar-refractivity contribution in [3.05, 3.63) is 121 Å². The number of hydrogen-bond donors (Lipinski definition) is 0. The number of rotatable bonds is 4. The Hall–Kier alpha value is -5.17. The van der Waals surface area contributed by atoms with Crippen molar-refractivity contribution in [1.29, 1.82) is 0 Å². The molecule has 0 radical (unpaired) electrons. The minimum atomic E-state index is -0.589. The topological polar surface area (TPSA) is 57.6 Å². The molecule has 6 heteroatoms. The number of oxazole rings is 1. The van der Waals surface area contributed by atoms with Crippen molar-refractivity contribution in [3.63, 3.8) is 0 Å². The van der Waals surface area contributed by atoms with Crippen molar-refractivity contribution in [3.8, 4) is 33.7 Å². The fraction of sp³-hybridized carbons (Fsp3) is 0.146. The fourth-order valence-corrected chi connectivity index (χ4v) is 6.75. The van der Waals surface area contributed by atoms with Crippen LogP contribution in [-0.2, 0) is 9.31 Å². The second-order valence-electron chi connectivity index (χ2n) is 13.4. The van der Waals surface area contributed by atoms with Crippen molar-refractivity contribution in [2.45, 2.75) is 38.9 Å². The van der Waals surface area contributed by atoms with Gasteiger partial charge in [0.05, 0.1) is 11.2 Å². The van der Waals surface area contributed by atoms with Gasteiger partial charge in [0.25, 0.3) is 0 Å². The molecule has 0 aliphatic carbocycles. The first-order valence-electron chi connectivity index (χ1n) is 16.1. The zero-order valence-corrected chi connectivity index (χ0v) is 26.7. The molecule has 6 aromatic carbocycles. The molecule has 0 saturated carbocycles. The lowest BCUT2D eigenvalue weighted by Gasteiger charge is -2.32. The van der Waals surface area contributed by atoms with Crippen LogP contribution in [0.25, 0.3) is 77.5 Å². The second-order valence-corrected chi connectivity index (χ2v) is 13.4. The van der Waals surface area contributed by atoms with E-state index < -0.39 is 18.3 Å². The summed E-state index contributed by atoms with van der Waals surface area (Å²) < 4.78 is 26.5. The molecule has 9 rings (SSSR count). The van der Waals surface area contributed by atoms with Gasteiger partial charge in [-0.1, -0.05) is 84.9 Å². The zero-order chi connectivity index (χ0) is 31.9. The van der Waals surface area contributed by atoms with Crippen LogP contribution in [0.1, 0.15) is 27.7 Å². The van der Waals surface area contributed by atoms with Gasteiger partial charge >= 0.3 is 7.12 Å². The summed E-state index contributed by atoms with van der Waals surface area (Å²) in [5, 5.41) is 4.25. The van der Waals surface area contributed by atoms with E-state index in [1.165, 1.54) is 0 Å². The molecule has 1 fully saturated rings. The van der Waals surface area contributed by atoms with Crippen molar-refractivity contribution in [1.82, 2.24) is 4.98 Å². The van der Waals surface area contributed by atoms with E-state index in [-0.39, 0.29) is 0 Å². The fourth-order valence-electron chi connectivity index (χ4n) is 6.75. The molecule has 0 spiro atoms. The van der Waals surface area contributed by atoms with E-state index in [1.807, 2.05) is 42.5 Å². The predicted molar refractivity (Wildman–Crippen MR) is 191 cm³/mol. The lowest BCUT2D eigenvalue weighted by atomic mass is 9.75. The van der Waals surface area contributed by atoms with E-state index in [4.69, 9.17) is 23.1 Å². The van der Waals surface area contributed by atoms with Crippen LogP contribution in [0.3, 0.4) is 0 Å². The Labute approximate surface area is 272 Å². The van der Waals surface area contributed by atoms with Gasteiger partial charge in [0.2, 0.25) is 5.89 Å². The summed E-state index contributed by atoms with van der Waals surface area (Å²) in [4.78, 5) is 4.75. The molecule has 0 amide bonds. The number of hydrogen-bond acceptors (Lipinski definition) is 5. The molecule has 2 aromatic heterocycles. The standard InChI is InChI=1S/C41H32BNO4/c1-40(2)41(3,4)47-42(46-40)33-21-28(27-19-20-34-35(22-27)45-39(43-34)26-15-9-6-10-16-26)23-36-37(33)32-24-31(25-13-7-5-8-14-25)29-17-11-12-18-30(29)38(32)44-36/h5-24H,1-4H3. The second kappa shape index (κ2) is 10.2. The SMILES string of the molecule is CC1(C)OB(c2cc(-c3ccc4nc(-c5ccccc5)oc4c3)cc3oc4c5ccccc5c(-c5ccccc5)cc4c23)OC1(C)C. The maximum atomic E-state index is 6.83. The molecular formula is C41H32BNO4. The third kappa shape index (κ3) is 4.44. The van der Waals surface area contributed by atoms with E-state index in [2.05, 4.69) is 107 Å². The van der Waals surface area contributed by atoms with Crippen molar-refractivity contribution < 1.29 is 18.1 Å². The minimum Gasteiger partial charge on any atom is -0.455 e. The van der Waals surface area contributed by atoms with Gasteiger partial charge in [0.15, 0.2) is 5.58 Å². The molecule has 1 aliphatic rings. The first-order valence-corrected chi connectivity index (χ1v) is 16.1. The van der Waals surface area contributed by atoms with Crippen LogP contribution in [0.4, 0.5) is 0 Å². The molecule has 0 bridgehead atoms. The largest absolute Gasteiger partial charge is 0.495 e. The summed E-state index contributed by atoms with van der Waals surface area (Å²) in [6, 6.07) is 41.7. The minimum absolute atomic E-state index is 0.506. The van der Waals surface area contributed by atoms with E-state index in [1.54, 1.807) is 0 Å². The first kappa shape index (κ1) is 28.1. The Balaban J connectivity index is 1.30. The summed E-state index contributed by atoms with van der Waals surface area (Å²) in [5.41, 5.74) is 8.31. The zero-order valence-electron chi connectivity index (χ0n) is 26.7. The smallest absolute Gasteiger partial charge is 0.455 e. The van der Waals surface area contributed by atoms with Crippen LogP contribution in [0.5, 0.6) is 0 Å². The van der Waals surface area contributed by atoms with E-state index in [0.717, 1.165) is 77.1 Å². The Morgan fingerprint density at radius 2 is 1.17 bits per heavy atom. The van der Waals surface area contributed by atoms with E-state index >= 15 is 0 Å². The number of fused-ring (bicyclic) bond motifs is 6. The van der Waals surface area contributed by atoms with Crippen LogP contribution in [0.15, 0.2) is 130 Å². The van der Waals surface area contributed by atoms with Crippen LogP contribution >= 0.6 is 0 Å². The van der Waals surface area contributed by atoms with Crippen molar-refractivity contribution in [2.75, 3.05) is 0 Å². The monoisotopic (exact) mass is 613 g/mol. The van der Waals surface area contributed by atoms with Gasteiger partial charge in [0, 0.05) is 21.7 Å². The highest BCUT2D eigenvalue weighted by atomic mass is 16.7. The van der Waals surface area contributed by atoms with Gasteiger partial charge < -0.3 is 18.1 Å². The van der Waals surface area contributed by atoms with Gasteiger partial charge in [-0.05, 0) is 97.2 Å². The lowest BCUT2D eigenvalue weighted by molar-refractivity contribution is 0.00578. The number of benzene rings is 6. The number of aromatic nitrogens is 1. The first-order chi connectivity index (χ1) is 22.8. The van der Waals surface area contributed by atoms with Gasteiger partial charge in [-0.25, -0.2) is 4.98 Å². The molecule has 0 atom stereocenters. The maximum absolute atomic E-state index is 6.83. The van der Waals surface area contributed by atoms with E-state index in [0.29, 0.717) is 5.89 Å². The highest BCUT2D eigenvalue weighted by Crippen LogP contribution is 2.43. The third-order valence-electron chi connectivity index (χ3n) is 9.94. The Morgan fingerprint density at radius 3 is 1.89 bits per heavy atom. The summed E-state index contributed by atoms with van der Waals surface area (Å²) in [6.07, 6.45) is 0. The van der Waals surface area contributed by atoms with Crippen molar-refractivity contribution in [2.24, 2.45) is 0 Å². The molecule has 8 aromatic rings. The molecule has 0 unspecified atom stereocenters. The molecule has 3 heterocycles. The molecular weight excluding hydrogens is 581 g/mol. The van der Waals surface area contributed by atoms with Gasteiger partial charge in [-0.3, -0.25) is 0 Å². The normalized spacial score (nSPS) is 15.8. The Morgan fingerprint density at radius 1 is 0.532 bits per heavy atom. The van der Waals surface area contributed by atoms with Crippen LogP contribution in [0.2, 0.25) is 0 Å². The summed E-state index contributed by atoms with van der Waals surface area (Å²) in [6.45, 7) is 8.35. The summed E-state index contributed by atoms with van der Waals surface area (Å²) >= 11 is 0. The van der Waals surface area contributed by atoms with Crippen LogP contribution in [0, 0.1) is 0 Å². The predicted octanol–water partition coefficient (Wildman–Crippen LogP) is 10.2. The molecule has 0 N–H and O–H groups in total. The average molecular weight is 614 g/mol. The maximum Gasteiger partial charge on any atom is 0.495 e. The molecule has 228 valence electrons. The Kier molecular flexibility index (Phi) is 6.08. The van der Waals surface area contributed by atoms with E-state index in [9.17, 15) is 0 Å². The molecule has 5 nitrogen and oxygen atoms in total. The molecule has 47 heavy (non-hydrogen) atoms. The quantitative estimate of drug-likeness (QED) is 0.185. The summed E-state index contributed by atoms with van der Waals surface area (Å²) in [5.74, 6) is 0.601.